The summed E-state index contributed by atoms with van der Waals surface area (Å²) in [5, 5.41) is 0. The van der Waals surface area contributed by atoms with Crippen LogP contribution in [0.3, 0.4) is 0 Å². The van der Waals surface area contributed by atoms with Gasteiger partial charge >= 0.3 is 11.9 Å². The lowest BCUT2D eigenvalue weighted by molar-refractivity contribution is -0.145. The van der Waals surface area contributed by atoms with Gasteiger partial charge in [-0.2, -0.15) is 0 Å². The monoisotopic (exact) mass is 834 g/mol. The molecule has 352 valence electrons. The van der Waals surface area contributed by atoms with E-state index in [-0.39, 0.29) is 11.9 Å². The lowest BCUT2D eigenvalue weighted by Crippen LogP contribution is -2.23. The van der Waals surface area contributed by atoms with Crippen LogP contribution in [-0.4, -0.2) is 49.7 Å². The van der Waals surface area contributed by atoms with Gasteiger partial charge in [0.25, 0.3) is 0 Å². The van der Waals surface area contributed by atoms with Gasteiger partial charge in [0.05, 0.1) is 13.2 Å². The summed E-state index contributed by atoms with van der Waals surface area (Å²) in [7, 11) is 0. The van der Waals surface area contributed by atoms with E-state index in [0.29, 0.717) is 26.1 Å². The number of carbonyl (C=O) groups excluding carboxylic acids is 2. The van der Waals surface area contributed by atoms with Gasteiger partial charge in [-0.15, -0.1) is 0 Å². The zero-order valence-corrected chi connectivity index (χ0v) is 41.2. The maximum Gasteiger partial charge on any atom is 0.305 e. The minimum atomic E-state index is 0.0237. The number of carbonyl (C=O) groups is 2. The highest BCUT2D eigenvalue weighted by molar-refractivity contribution is 5.69. The molecule has 0 atom stereocenters. The van der Waals surface area contributed by atoms with Crippen LogP contribution in [0, 0.1) is 17.8 Å². The quantitative estimate of drug-likeness (QED) is 0.0451. The summed E-state index contributed by atoms with van der Waals surface area (Å²) in [6, 6.07) is 0. The standard InChI is InChI=1S/C54H107NO4/c1-7-13-26-36-51(37-27-14-8-2)45-48-58-53(56)43-33-23-19-17-21-30-40-50(42-32-25-35-47-55(11-5)12-6)41-31-22-18-20-24-34-44-54(57)59-49-46-52(38-28-15-9-3)39-29-16-10-4/h50-52H,7-49H2,1-6H3. The van der Waals surface area contributed by atoms with Gasteiger partial charge in [-0.1, -0.05) is 241 Å². The van der Waals surface area contributed by atoms with E-state index in [1.54, 1.807) is 0 Å². The van der Waals surface area contributed by atoms with Crippen LogP contribution in [0.5, 0.6) is 0 Å². The molecule has 0 saturated heterocycles. The molecule has 0 amide bonds. The first-order valence-corrected chi connectivity index (χ1v) is 27.0. The third-order valence-corrected chi connectivity index (χ3v) is 13.4. The topological polar surface area (TPSA) is 55.8 Å². The van der Waals surface area contributed by atoms with Crippen LogP contribution in [0.2, 0.25) is 0 Å². The first-order chi connectivity index (χ1) is 28.9. The van der Waals surface area contributed by atoms with Crippen molar-refractivity contribution in [1.29, 1.82) is 0 Å². The minimum Gasteiger partial charge on any atom is -0.466 e. The maximum absolute atomic E-state index is 12.4. The van der Waals surface area contributed by atoms with Gasteiger partial charge in [0.15, 0.2) is 0 Å². The molecule has 59 heavy (non-hydrogen) atoms. The first-order valence-electron chi connectivity index (χ1n) is 27.0. The van der Waals surface area contributed by atoms with Gasteiger partial charge in [-0.25, -0.2) is 0 Å². The second kappa shape index (κ2) is 46.4. The average molecular weight is 834 g/mol. The van der Waals surface area contributed by atoms with Crippen molar-refractivity contribution in [3.63, 3.8) is 0 Å². The second-order valence-electron chi connectivity index (χ2n) is 18.8. The fraction of sp³-hybridized carbons (Fsp3) is 0.963. The molecule has 5 heteroatoms. The Morgan fingerprint density at radius 1 is 0.339 bits per heavy atom. The molecule has 0 rings (SSSR count). The zero-order chi connectivity index (χ0) is 43.3. The smallest absolute Gasteiger partial charge is 0.305 e. The predicted octanol–water partition coefficient (Wildman–Crippen LogP) is 17.2. The molecule has 0 unspecified atom stereocenters. The van der Waals surface area contributed by atoms with Crippen LogP contribution < -0.4 is 0 Å². The lowest BCUT2D eigenvalue weighted by atomic mass is 9.89. The van der Waals surface area contributed by atoms with E-state index in [1.807, 2.05) is 0 Å². The van der Waals surface area contributed by atoms with Crippen LogP contribution in [0.25, 0.3) is 0 Å². The number of esters is 2. The molecule has 0 aromatic heterocycles. The van der Waals surface area contributed by atoms with Crippen molar-refractivity contribution in [2.24, 2.45) is 17.8 Å². The van der Waals surface area contributed by atoms with Gasteiger partial charge in [0, 0.05) is 12.8 Å². The highest BCUT2D eigenvalue weighted by Crippen LogP contribution is 2.26. The molecule has 0 fully saturated rings. The van der Waals surface area contributed by atoms with Crippen LogP contribution in [-0.2, 0) is 19.1 Å². The molecular weight excluding hydrogens is 727 g/mol. The van der Waals surface area contributed by atoms with Crippen LogP contribution in [0.15, 0.2) is 0 Å². The van der Waals surface area contributed by atoms with Crippen LogP contribution >= 0.6 is 0 Å². The highest BCUT2D eigenvalue weighted by atomic mass is 16.5. The van der Waals surface area contributed by atoms with Crippen molar-refractivity contribution in [3.05, 3.63) is 0 Å². The van der Waals surface area contributed by atoms with Gasteiger partial charge in [0.2, 0.25) is 0 Å². The molecule has 5 nitrogen and oxygen atoms in total. The summed E-state index contributed by atoms with van der Waals surface area (Å²) in [5.74, 6) is 2.38. The van der Waals surface area contributed by atoms with Crippen LogP contribution in [0.4, 0.5) is 0 Å². The molecule has 0 aliphatic rings. The maximum atomic E-state index is 12.4. The Kier molecular flexibility index (Phi) is 45.5. The van der Waals surface area contributed by atoms with E-state index in [4.69, 9.17) is 9.47 Å². The minimum absolute atomic E-state index is 0.0237. The van der Waals surface area contributed by atoms with Gasteiger partial charge in [-0.3, -0.25) is 9.59 Å². The van der Waals surface area contributed by atoms with Gasteiger partial charge < -0.3 is 14.4 Å². The van der Waals surface area contributed by atoms with Crippen LogP contribution in [0.1, 0.15) is 286 Å². The third-order valence-electron chi connectivity index (χ3n) is 13.4. The van der Waals surface area contributed by atoms with Crippen molar-refractivity contribution < 1.29 is 19.1 Å². The lowest BCUT2D eigenvalue weighted by Gasteiger charge is -2.19. The highest BCUT2D eigenvalue weighted by Gasteiger charge is 2.13. The molecule has 0 spiro atoms. The fourth-order valence-electron chi connectivity index (χ4n) is 9.16. The Labute approximate surface area is 370 Å². The largest absolute Gasteiger partial charge is 0.466 e. The number of hydrogen-bond donors (Lipinski definition) is 0. The fourth-order valence-corrected chi connectivity index (χ4v) is 9.16. The van der Waals surface area contributed by atoms with Crippen molar-refractivity contribution in [2.45, 2.75) is 286 Å². The molecule has 0 bridgehead atoms. The summed E-state index contributed by atoms with van der Waals surface area (Å²) in [6.07, 6.45) is 47.2. The number of ether oxygens (including phenoxy) is 2. The zero-order valence-electron chi connectivity index (χ0n) is 41.2. The molecule has 0 aliphatic carbocycles. The van der Waals surface area contributed by atoms with Crippen molar-refractivity contribution in [1.82, 2.24) is 4.90 Å². The summed E-state index contributed by atoms with van der Waals surface area (Å²) >= 11 is 0. The molecular formula is C54H107NO4. The normalized spacial score (nSPS) is 11.8. The number of rotatable bonds is 48. The Balaban J connectivity index is 4.28. The third kappa shape index (κ3) is 40.7. The van der Waals surface area contributed by atoms with Crippen molar-refractivity contribution in [3.8, 4) is 0 Å². The van der Waals surface area contributed by atoms with E-state index >= 15 is 0 Å². The van der Waals surface area contributed by atoms with E-state index in [0.717, 1.165) is 56.3 Å². The summed E-state index contributed by atoms with van der Waals surface area (Å²) < 4.78 is 11.4. The van der Waals surface area contributed by atoms with E-state index in [1.165, 1.54) is 212 Å². The molecule has 0 aromatic carbocycles. The molecule has 0 N–H and O–H groups in total. The Bertz CT molecular complexity index is 781. The van der Waals surface area contributed by atoms with E-state index in [2.05, 4.69) is 46.4 Å². The Hall–Kier alpha value is -1.10. The summed E-state index contributed by atoms with van der Waals surface area (Å²) in [5.41, 5.74) is 0. The van der Waals surface area contributed by atoms with Crippen molar-refractivity contribution in [2.75, 3.05) is 32.8 Å². The number of unbranched alkanes of at least 4 members (excludes halogenated alkanes) is 20. The Morgan fingerprint density at radius 2 is 0.610 bits per heavy atom. The number of hydrogen-bond acceptors (Lipinski definition) is 5. The van der Waals surface area contributed by atoms with E-state index < -0.39 is 0 Å². The first kappa shape index (κ1) is 57.9. The van der Waals surface area contributed by atoms with E-state index in [9.17, 15) is 9.59 Å². The molecule has 0 radical (unpaired) electrons. The second-order valence-corrected chi connectivity index (χ2v) is 18.8. The molecule has 0 aliphatic heterocycles. The van der Waals surface area contributed by atoms with Crippen molar-refractivity contribution >= 4 is 11.9 Å². The molecule has 0 heterocycles. The molecule has 0 saturated carbocycles. The van der Waals surface area contributed by atoms with Gasteiger partial charge in [-0.05, 0) is 69.5 Å². The summed E-state index contributed by atoms with van der Waals surface area (Å²) in [6.45, 7) is 18.5. The Morgan fingerprint density at radius 3 is 0.932 bits per heavy atom. The SMILES string of the molecule is CCCCCC(CCCCC)CCOC(=O)CCCCCCCCC(CCCCCCCCC(=O)OCCC(CCCCC)CCCCC)CCCCCN(CC)CC. The number of nitrogens with zero attached hydrogens (tertiary/aromatic N) is 1. The summed E-state index contributed by atoms with van der Waals surface area (Å²) in [4.78, 5) is 27.4. The molecule has 0 aromatic rings. The average Bonchev–Trinajstić information content (AvgIpc) is 3.23. The predicted molar refractivity (Wildman–Crippen MR) is 258 cm³/mol. The van der Waals surface area contributed by atoms with Gasteiger partial charge in [0.1, 0.15) is 0 Å².